The fraction of sp³-hybridized carbons (Fsp3) is 0.0625. The molecule has 2 rings (SSSR count). The van der Waals surface area contributed by atoms with Crippen molar-refractivity contribution >= 4 is 46.1 Å². The van der Waals surface area contributed by atoms with Crippen LogP contribution in [0.15, 0.2) is 42.5 Å². The van der Waals surface area contributed by atoms with Crippen molar-refractivity contribution in [3.05, 3.63) is 62.2 Å². The molecule has 0 saturated heterocycles. The highest BCUT2D eigenvalue weighted by molar-refractivity contribution is 14.1. The number of hydrogen-bond acceptors (Lipinski definition) is 3. The average Bonchev–Trinajstić information content (AvgIpc) is 2.49. The van der Waals surface area contributed by atoms with Gasteiger partial charge in [0.2, 0.25) is 0 Å². The number of allylic oxidation sites excluding steroid dienone is 1. The number of aromatic hydroxyl groups is 1. The second-order valence-electron chi connectivity index (χ2n) is 4.25. The van der Waals surface area contributed by atoms with E-state index < -0.39 is 0 Å². The molecule has 108 valence electrons. The van der Waals surface area contributed by atoms with Gasteiger partial charge in [0, 0.05) is 5.02 Å². The van der Waals surface area contributed by atoms with Crippen LogP contribution >= 0.6 is 34.2 Å². The zero-order chi connectivity index (χ0) is 15.4. The maximum Gasteiger partial charge on any atom is 0.189 e. The third-order valence-corrected chi connectivity index (χ3v) is 3.88. The number of halogens is 2. The van der Waals surface area contributed by atoms with Gasteiger partial charge in [0.05, 0.1) is 16.2 Å². The van der Waals surface area contributed by atoms with E-state index in [2.05, 4.69) is 0 Å². The zero-order valence-electron chi connectivity index (χ0n) is 11.1. The summed E-state index contributed by atoms with van der Waals surface area (Å²) in [5.41, 5.74) is 1.05. The Morgan fingerprint density at radius 2 is 1.95 bits per heavy atom. The minimum absolute atomic E-state index is 0.0515. The summed E-state index contributed by atoms with van der Waals surface area (Å²) in [5.74, 6) is 0.397. The summed E-state index contributed by atoms with van der Waals surface area (Å²) in [6.45, 7) is 0. The van der Waals surface area contributed by atoms with Gasteiger partial charge in [-0.15, -0.1) is 0 Å². The van der Waals surface area contributed by atoms with Crippen LogP contribution in [0, 0.1) is 3.57 Å². The predicted octanol–water partition coefficient (Wildman–Crippen LogP) is 4.55. The van der Waals surface area contributed by atoms with Crippen molar-refractivity contribution in [2.45, 2.75) is 0 Å². The fourth-order valence-corrected chi connectivity index (χ4v) is 2.76. The van der Waals surface area contributed by atoms with Gasteiger partial charge in [-0.1, -0.05) is 29.8 Å². The number of rotatable bonds is 4. The minimum atomic E-state index is -0.302. The summed E-state index contributed by atoms with van der Waals surface area (Å²) >= 11 is 7.84. The van der Waals surface area contributed by atoms with Crippen molar-refractivity contribution < 1.29 is 14.6 Å². The Morgan fingerprint density at radius 3 is 2.57 bits per heavy atom. The molecule has 21 heavy (non-hydrogen) atoms. The fourth-order valence-electron chi connectivity index (χ4n) is 1.73. The van der Waals surface area contributed by atoms with Gasteiger partial charge in [0.1, 0.15) is 11.5 Å². The molecule has 0 bridgehead atoms. The van der Waals surface area contributed by atoms with Crippen molar-refractivity contribution in [3.8, 4) is 11.5 Å². The van der Waals surface area contributed by atoms with Crippen LogP contribution in [0.2, 0.25) is 5.02 Å². The Labute approximate surface area is 141 Å². The normalized spacial score (nSPS) is 10.8. The molecule has 0 aliphatic rings. The third kappa shape index (κ3) is 3.98. The topological polar surface area (TPSA) is 46.5 Å². The van der Waals surface area contributed by atoms with Crippen molar-refractivity contribution in [2.75, 3.05) is 7.11 Å². The number of phenols is 1. The van der Waals surface area contributed by atoms with Gasteiger partial charge in [0.15, 0.2) is 5.78 Å². The third-order valence-electron chi connectivity index (χ3n) is 2.84. The van der Waals surface area contributed by atoms with E-state index in [4.69, 9.17) is 16.3 Å². The molecule has 3 nitrogen and oxygen atoms in total. The van der Waals surface area contributed by atoms with Gasteiger partial charge in [-0.2, -0.15) is 0 Å². The largest absolute Gasteiger partial charge is 0.506 e. The number of ether oxygens (including phenoxy) is 1. The first kappa shape index (κ1) is 15.9. The molecule has 0 aliphatic carbocycles. The van der Waals surface area contributed by atoms with Crippen LogP contribution in [0.3, 0.4) is 0 Å². The lowest BCUT2D eigenvalue weighted by molar-refractivity contribution is 0.104. The molecule has 0 radical (unpaired) electrons. The molecule has 2 aromatic rings. The van der Waals surface area contributed by atoms with Crippen molar-refractivity contribution in [1.82, 2.24) is 0 Å². The summed E-state index contributed by atoms with van der Waals surface area (Å²) in [5, 5.41) is 10.3. The molecular formula is C16H12ClIO3. The van der Waals surface area contributed by atoms with E-state index in [1.54, 1.807) is 19.3 Å². The van der Waals surface area contributed by atoms with Crippen molar-refractivity contribution in [1.29, 1.82) is 0 Å². The minimum Gasteiger partial charge on any atom is -0.506 e. The van der Waals surface area contributed by atoms with Gasteiger partial charge in [0.25, 0.3) is 0 Å². The number of phenolic OH excluding ortho intramolecular Hbond substituents is 1. The van der Waals surface area contributed by atoms with E-state index in [0.29, 0.717) is 8.59 Å². The van der Waals surface area contributed by atoms with E-state index in [0.717, 1.165) is 11.3 Å². The Hall–Kier alpha value is -1.53. The van der Waals surface area contributed by atoms with E-state index in [9.17, 15) is 9.90 Å². The van der Waals surface area contributed by atoms with Crippen LogP contribution in [-0.4, -0.2) is 18.0 Å². The molecule has 0 amide bonds. The molecule has 0 aromatic heterocycles. The van der Waals surface area contributed by atoms with Gasteiger partial charge in [-0.3, -0.25) is 4.79 Å². The number of carbonyl (C=O) groups excluding carboxylic acids is 1. The van der Waals surface area contributed by atoms with E-state index >= 15 is 0 Å². The standard InChI is InChI=1S/C16H12ClIO3/c1-21-12-5-2-10(3-6-12)4-7-15(19)13-8-11(17)9-14(18)16(13)20/h2-9,20H,1H3/b7-4+. The van der Waals surface area contributed by atoms with Gasteiger partial charge in [-0.05, 0) is 58.5 Å². The number of methoxy groups -OCH3 is 1. The van der Waals surface area contributed by atoms with Gasteiger partial charge < -0.3 is 9.84 Å². The molecule has 0 fully saturated rings. The van der Waals surface area contributed by atoms with Crippen molar-refractivity contribution in [2.24, 2.45) is 0 Å². The maximum atomic E-state index is 12.1. The number of carbonyl (C=O) groups is 1. The van der Waals surface area contributed by atoms with Gasteiger partial charge >= 0.3 is 0 Å². The molecule has 0 spiro atoms. The van der Waals surface area contributed by atoms with E-state index in [1.165, 1.54) is 12.1 Å². The Morgan fingerprint density at radius 1 is 1.29 bits per heavy atom. The molecular weight excluding hydrogens is 403 g/mol. The summed E-state index contributed by atoms with van der Waals surface area (Å²) in [6, 6.07) is 10.4. The van der Waals surface area contributed by atoms with Crippen LogP contribution in [0.5, 0.6) is 11.5 Å². The Balaban J connectivity index is 2.22. The van der Waals surface area contributed by atoms with Crippen LogP contribution in [0.4, 0.5) is 0 Å². The second kappa shape index (κ2) is 6.95. The molecule has 0 heterocycles. The Kier molecular flexibility index (Phi) is 5.25. The molecule has 5 heteroatoms. The molecule has 1 N–H and O–H groups in total. The van der Waals surface area contributed by atoms with Crippen LogP contribution in [0.1, 0.15) is 15.9 Å². The summed E-state index contributed by atoms with van der Waals surface area (Å²) in [7, 11) is 1.60. The van der Waals surface area contributed by atoms with E-state index in [-0.39, 0.29) is 17.1 Å². The molecule has 0 aliphatic heterocycles. The highest BCUT2D eigenvalue weighted by Gasteiger charge is 2.12. The number of benzene rings is 2. The average molecular weight is 415 g/mol. The smallest absolute Gasteiger partial charge is 0.189 e. The molecule has 0 unspecified atom stereocenters. The lowest BCUT2D eigenvalue weighted by Crippen LogP contribution is -1.96. The molecule has 0 saturated carbocycles. The highest BCUT2D eigenvalue weighted by atomic mass is 127. The van der Waals surface area contributed by atoms with Gasteiger partial charge in [-0.25, -0.2) is 0 Å². The lowest BCUT2D eigenvalue weighted by Gasteiger charge is -2.04. The van der Waals surface area contributed by atoms with Crippen molar-refractivity contribution in [3.63, 3.8) is 0 Å². The lowest BCUT2D eigenvalue weighted by atomic mass is 10.1. The number of hydrogen-bond donors (Lipinski definition) is 1. The number of ketones is 1. The second-order valence-corrected chi connectivity index (χ2v) is 5.85. The molecule has 2 aromatic carbocycles. The summed E-state index contributed by atoms with van der Waals surface area (Å²) in [6.07, 6.45) is 3.08. The van der Waals surface area contributed by atoms with E-state index in [1.807, 2.05) is 46.9 Å². The maximum absolute atomic E-state index is 12.1. The van der Waals surface area contributed by atoms with Crippen LogP contribution < -0.4 is 4.74 Å². The summed E-state index contributed by atoms with van der Waals surface area (Å²) < 4.78 is 5.61. The SMILES string of the molecule is COc1ccc(/C=C/C(=O)c2cc(Cl)cc(I)c2O)cc1. The predicted molar refractivity (Wildman–Crippen MR) is 92.2 cm³/mol. The Bertz CT molecular complexity index is 693. The highest BCUT2D eigenvalue weighted by Crippen LogP contribution is 2.29. The summed E-state index contributed by atoms with van der Waals surface area (Å²) in [4.78, 5) is 12.1. The van der Waals surface area contributed by atoms with Crippen LogP contribution in [-0.2, 0) is 0 Å². The quantitative estimate of drug-likeness (QED) is 0.453. The first-order valence-corrected chi connectivity index (χ1v) is 7.51. The first-order valence-electron chi connectivity index (χ1n) is 6.05. The van der Waals surface area contributed by atoms with Crippen LogP contribution in [0.25, 0.3) is 6.08 Å². The monoisotopic (exact) mass is 414 g/mol. The molecule has 0 atom stereocenters. The zero-order valence-corrected chi connectivity index (χ0v) is 14.1. The first-order chi connectivity index (χ1) is 10.0.